The molecular formula is C10H21NO3S. The molecule has 0 fully saturated rings. The lowest BCUT2D eigenvalue weighted by Gasteiger charge is -2.23. The molecule has 0 aliphatic heterocycles. The number of rotatable bonds is 6. The number of thioether (sulfide) groups is 1. The Bertz CT molecular complexity index is 186. The standard InChI is InChI=1S/C10H21NO3S/c1-10(2,3)15-8-9(14)11(4-6-12)5-7-13/h12-13H,4-8H2,1-3H3. The predicted molar refractivity (Wildman–Crippen MR) is 63.0 cm³/mol. The molecule has 1 amide bonds. The Labute approximate surface area is 95.7 Å². The van der Waals surface area contributed by atoms with Crippen LogP contribution in [0.1, 0.15) is 20.8 Å². The summed E-state index contributed by atoms with van der Waals surface area (Å²) in [5, 5.41) is 17.5. The molecule has 0 aliphatic carbocycles. The SMILES string of the molecule is CC(C)(C)SCC(=O)N(CCO)CCO. The van der Waals surface area contributed by atoms with Gasteiger partial charge in [-0.2, -0.15) is 0 Å². The van der Waals surface area contributed by atoms with Crippen LogP contribution >= 0.6 is 11.8 Å². The molecule has 90 valence electrons. The number of carbonyl (C=O) groups excluding carboxylic acids is 1. The van der Waals surface area contributed by atoms with Gasteiger partial charge in [0, 0.05) is 17.8 Å². The Hall–Kier alpha value is -0.260. The largest absolute Gasteiger partial charge is 0.395 e. The average molecular weight is 235 g/mol. The van der Waals surface area contributed by atoms with Crippen LogP contribution in [0.25, 0.3) is 0 Å². The van der Waals surface area contributed by atoms with Crippen LogP contribution in [0.2, 0.25) is 0 Å². The lowest BCUT2D eigenvalue weighted by molar-refractivity contribution is -0.129. The van der Waals surface area contributed by atoms with Gasteiger partial charge in [0.15, 0.2) is 0 Å². The summed E-state index contributed by atoms with van der Waals surface area (Å²) < 4.78 is 0.0553. The van der Waals surface area contributed by atoms with E-state index in [0.29, 0.717) is 18.8 Å². The molecular weight excluding hydrogens is 214 g/mol. The fraction of sp³-hybridized carbons (Fsp3) is 0.900. The summed E-state index contributed by atoms with van der Waals surface area (Å²) in [4.78, 5) is 13.1. The Balaban J connectivity index is 4.02. The highest BCUT2D eigenvalue weighted by molar-refractivity contribution is 8.01. The second-order valence-electron chi connectivity index (χ2n) is 4.23. The van der Waals surface area contributed by atoms with Gasteiger partial charge in [-0.15, -0.1) is 11.8 Å². The predicted octanol–water partition coefficient (Wildman–Crippen LogP) is 0.331. The van der Waals surface area contributed by atoms with Crippen LogP contribution in [-0.2, 0) is 4.79 Å². The third-order valence-electron chi connectivity index (χ3n) is 1.72. The van der Waals surface area contributed by atoms with Crippen molar-refractivity contribution in [2.24, 2.45) is 0 Å². The highest BCUT2D eigenvalue weighted by atomic mass is 32.2. The molecule has 15 heavy (non-hydrogen) atoms. The van der Waals surface area contributed by atoms with E-state index < -0.39 is 0 Å². The van der Waals surface area contributed by atoms with Gasteiger partial charge in [-0.25, -0.2) is 0 Å². The zero-order valence-electron chi connectivity index (χ0n) is 9.69. The van der Waals surface area contributed by atoms with E-state index >= 15 is 0 Å². The van der Waals surface area contributed by atoms with E-state index in [4.69, 9.17) is 10.2 Å². The minimum Gasteiger partial charge on any atom is -0.395 e. The molecule has 0 atom stereocenters. The fourth-order valence-electron chi connectivity index (χ4n) is 0.972. The van der Waals surface area contributed by atoms with Crippen molar-refractivity contribution >= 4 is 17.7 Å². The molecule has 0 bridgehead atoms. The summed E-state index contributed by atoms with van der Waals surface area (Å²) in [5.74, 6) is 0.363. The van der Waals surface area contributed by atoms with Gasteiger partial charge in [0.25, 0.3) is 0 Å². The van der Waals surface area contributed by atoms with Gasteiger partial charge in [0.05, 0.1) is 19.0 Å². The molecule has 0 aromatic heterocycles. The molecule has 0 saturated heterocycles. The minimum atomic E-state index is -0.0636. The van der Waals surface area contributed by atoms with Gasteiger partial charge in [0.2, 0.25) is 5.91 Å². The van der Waals surface area contributed by atoms with Crippen LogP contribution in [0, 0.1) is 0 Å². The van der Waals surface area contributed by atoms with Gasteiger partial charge < -0.3 is 15.1 Å². The first-order valence-corrected chi connectivity index (χ1v) is 6.02. The molecule has 5 heteroatoms. The highest BCUT2D eigenvalue weighted by Gasteiger charge is 2.17. The Morgan fingerprint density at radius 3 is 2.00 bits per heavy atom. The third-order valence-corrected chi connectivity index (χ3v) is 2.98. The summed E-state index contributed by atoms with van der Waals surface area (Å²) in [6.07, 6.45) is 0. The molecule has 2 N–H and O–H groups in total. The van der Waals surface area contributed by atoms with Gasteiger partial charge >= 0.3 is 0 Å². The van der Waals surface area contributed by atoms with Crippen LogP contribution in [0.5, 0.6) is 0 Å². The van der Waals surface area contributed by atoms with Crippen molar-refractivity contribution in [3.8, 4) is 0 Å². The molecule has 0 spiro atoms. The van der Waals surface area contributed by atoms with Crippen molar-refractivity contribution < 1.29 is 15.0 Å². The molecule has 0 radical (unpaired) electrons. The Kier molecular flexibility index (Phi) is 6.96. The lowest BCUT2D eigenvalue weighted by atomic mass is 10.3. The van der Waals surface area contributed by atoms with Crippen molar-refractivity contribution in [1.82, 2.24) is 4.90 Å². The fourth-order valence-corrected chi connectivity index (χ4v) is 1.71. The summed E-state index contributed by atoms with van der Waals surface area (Å²) in [5.41, 5.74) is 0. The van der Waals surface area contributed by atoms with E-state index in [1.54, 1.807) is 11.8 Å². The molecule has 0 aliphatic rings. The number of aliphatic hydroxyl groups is 2. The molecule has 0 rings (SSSR count). The van der Waals surface area contributed by atoms with Crippen LogP contribution in [0.15, 0.2) is 0 Å². The third kappa shape index (κ3) is 7.64. The maximum absolute atomic E-state index is 11.7. The molecule has 4 nitrogen and oxygen atoms in total. The monoisotopic (exact) mass is 235 g/mol. The van der Waals surface area contributed by atoms with Crippen LogP contribution < -0.4 is 0 Å². The summed E-state index contributed by atoms with van der Waals surface area (Å²) >= 11 is 1.57. The van der Waals surface area contributed by atoms with E-state index in [-0.39, 0.29) is 23.9 Å². The quantitative estimate of drug-likeness (QED) is 0.696. The first-order chi connectivity index (χ1) is 6.90. The van der Waals surface area contributed by atoms with E-state index in [9.17, 15) is 4.79 Å². The molecule has 0 unspecified atom stereocenters. The van der Waals surface area contributed by atoms with Crippen LogP contribution in [-0.4, -0.2) is 57.8 Å². The van der Waals surface area contributed by atoms with E-state index in [1.807, 2.05) is 20.8 Å². The number of aliphatic hydroxyl groups excluding tert-OH is 2. The average Bonchev–Trinajstić information content (AvgIpc) is 2.13. The lowest BCUT2D eigenvalue weighted by Crippen LogP contribution is -2.37. The topological polar surface area (TPSA) is 60.8 Å². The smallest absolute Gasteiger partial charge is 0.232 e. The summed E-state index contributed by atoms with van der Waals surface area (Å²) in [6, 6.07) is 0. The molecule has 0 heterocycles. The van der Waals surface area contributed by atoms with E-state index in [1.165, 1.54) is 4.90 Å². The number of hydrogen-bond donors (Lipinski definition) is 2. The number of carbonyl (C=O) groups is 1. The first-order valence-electron chi connectivity index (χ1n) is 5.04. The van der Waals surface area contributed by atoms with Crippen molar-refractivity contribution in [2.45, 2.75) is 25.5 Å². The second kappa shape index (κ2) is 7.09. The molecule has 0 aromatic carbocycles. The summed E-state index contributed by atoms with van der Waals surface area (Å²) in [7, 11) is 0. The number of hydrogen-bond acceptors (Lipinski definition) is 4. The highest BCUT2D eigenvalue weighted by Crippen LogP contribution is 2.23. The van der Waals surface area contributed by atoms with Crippen molar-refractivity contribution in [1.29, 1.82) is 0 Å². The van der Waals surface area contributed by atoms with E-state index in [2.05, 4.69) is 0 Å². The maximum Gasteiger partial charge on any atom is 0.232 e. The maximum atomic E-state index is 11.7. The van der Waals surface area contributed by atoms with Crippen molar-refractivity contribution in [3.05, 3.63) is 0 Å². The minimum absolute atomic E-state index is 0.0296. The zero-order chi connectivity index (χ0) is 11.9. The van der Waals surface area contributed by atoms with Crippen LogP contribution in [0.4, 0.5) is 0 Å². The molecule has 0 aromatic rings. The van der Waals surface area contributed by atoms with Gasteiger partial charge in [-0.3, -0.25) is 4.79 Å². The van der Waals surface area contributed by atoms with Crippen LogP contribution in [0.3, 0.4) is 0 Å². The summed E-state index contributed by atoms with van der Waals surface area (Å²) in [6.45, 7) is 6.61. The van der Waals surface area contributed by atoms with Crippen molar-refractivity contribution in [3.63, 3.8) is 0 Å². The Morgan fingerprint density at radius 2 is 1.67 bits per heavy atom. The second-order valence-corrected chi connectivity index (χ2v) is 6.03. The first kappa shape index (κ1) is 14.7. The number of amides is 1. The van der Waals surface area contributed by atoms with E-state index in [0.717, 1.165) is 0 Å². The molecule has 0 saturated carbocycles. The normalized spacial score (nSPS) is 11.5. The van der Waals surface area contributed by atoms with Gasteiger partial charge in [0.1, 0.15) is 0 Å². The van der Waals surface area contributed by atoms with Gasteiger partial charge in [-0.1, -0.05) is 20.8 Å². The van der Waals surface area contributed by atoms with Gasteiger partial charge in [-0.05, 0) is 0 Å². The zero-order valence-corrected chi connectivity index (χ0v) is 10.5. The Morgan fingerprint density at radius 1 is 1.20 bits per heavy atom. The number of nitrogens with zero attached hydrogens (tertiary/aromatic N) is 1. The van der Waals surface area contributed by atoms with Crippen molar-refractivity contribution in [2.75, 3.05) is 32.1 Å².